The van der Waals surface area contributed by atoms with E-state index < -0.39 is 11.4 Å². The molecule has 1 aromatic rings. The van der Waals surface area contributed by atoms with E-state index in [1.54, 1.807) is 0 Å². The summed E-state index contributed by atoms with van der Waals surface area (Å²) in [5, 5.41) is 14.2. The molecule has 0 saturated carbocycles. The van der Waals surface area contributed by atoms with Gasteiger partial charge in [-0.3, -0.25) is 4.79 Å². The number of aliphatic carboxylic acids is 1. The Morgan fingerprint density at radius 2 is 1.96 bits per heavy atom. The molecule has 1 saturated heterocycles. The highest BCUT2D eigenvalue weighted by Crippen LogP contribution is 2.39. The minimum Gasteiger partial charge on any atom is -0.481 e. The number of hydrogen-bond acceptors (Lipinski definition) is 4. The van der Waals surface area contributed by atoms with E-state index in [4.69, 9.17) is 4.84 Å². The van der Waals surface area contributed by atoms with Crippen molar-refractivity contribution in [2.45, 2.75) is 52.6 Å². The molecule has 1 aromatic carbocycles. The highest BCUT2D eigenvalue weighted by Gasteiger charge is 2.44. The summed E-state index contributed by atoms with van der Waals surface area (Å²) in [7, 11) is 0. The van der Waals surface area contributed by atoms with Crippen LogP contribution in [0, 0.1) is 18.3 Å². The minimum absolute atomic E-state index is 0.140. The van der Waals surface area contributed by atoms with E-state index in [9.17, 15) is 9.90 Å². The number of carboxylic acid groups (broad SMARTS) is 1. The van der Waals surface area contributed by atoms with E-state index in [-0.39, 0.29) is 6.10 Å². The van der Waals surface area contributed by atoms with Crippen molar-refractivity contribution in [2.24, 2.45) is 16.5 Å². The molecule has 26 heavy (non-hydrogen) atoms. The molecule has 2 heterocycles. The summed E-state index contributed by atoms with van der Waals surface area (Å²) in [4.78, 5) is 20.1. The zero-order valence-electron chi connectivity index (χ0n) is 16.1. The maximum absolute atomic E-state index is 12.1. The molecule has 0 radical (unpaired) electrons. The lowest BCUT2D eigenvalue weighted by atomic mass is 9.73. The molecule has 0 spiro atoms. The number of likely N-dealkylation sites (tertiary alicyclic amines) is 1. The predicted octanol–water partition coefficient (Wildman–Crippen LogP) is 3.70. The van der Waals surface area contributed by atoms with Gasteiger partial charge >= 0.3 is 5.97 Å². The highest BCUT2D eigenvalue weighted by molar-refractivity contribution is 6.01. The standard InChI is InChI=1S/C21H30N2O3/c1-15(2)14-23-10-8-21(9-11-23,20(24)25)13-18-12-19(22-26-18)17-6-4-16(3)5-7-17/h4-7,15,18H,8-14H2,1-3H3,(H,24,25)/t18-/m0/s1. The molecule has 0 aliphatic carbocycles. The van der Waals surface area contributed by atoms with E-state index in [0.29, 0.717) is 31.6 Å². The minimum atomic E-state index is -0.686. The topological polar surface area (TPSA) is 62.1 Å². The van der Waals surface area contributed by atoms with Crippen LogP contribution in [-0.4, -0.2) is 47.4 Å². The first-order valence-electron chi connectivity index (χ1n) is 9.63. The zero-order chi connectivity index (χ0) is 18.7. The van der Waals surface area contributed by atoms with Gasteiger partial charge in [0.1, 0.15) is 6.10 Å². The molecule has 1 N–H and O–H groups in total. The van der Waals surface area contributed by atoms with E-state index in [1.165, 1.54) is 5.56 Å². The van der Waals surface area contributed by atoms with Crippen LogP contribution in [0.3, 0.4) is 0 Å². The molecule has 0 aromatic heterocycles. The number of aryl methyl sites for hydroxylation is 1. The average Bonchev–Trinajstić information content (AvgIpc) is 3.05. The number of oxime groups is 1. The Hall–Kier alpha value is -1.88. The molecule has 5 heteroatoms. The van der Waals surface area contributed by atoms with Crippen LogP contribution in [0.5, 0.6) is 0 Å². The number of rotatable bonds is 6. The summed E-state index contributed by atoms with van der Waals surface area (Å²) in [6, 6.07) is 8.23. The summed E-state index contributed by atoms with van der Waals surface area (Å²) in [5.41, 5.74) is 2.51. The summed E-state index contributed by atoms with van der Waals surface area (Å²) < 4.78 is 0. The molecule has 0 bridgehead atoms. The van der Waals surface area contributed by atoms with E-state index >= 15 is 0 Å². The maximum atomic E-state index is 12.1. The fraction of sp³-hybridized carbons (Fsp3) is 0.619. The van der Waals surface area contributed by atoms with Crippen molar-refractivity contribution in [2.75, 3.05) is 19.6 Å². The second kappa shape index (κ2) is 7.78. The summed E-state index contributed by atoms with van der Waals surface area (Å²) >= 11 is 0. The van der Waals surface area contributed by atoms with Gasteiger partial charge in [-0.25, -0.2) is 0 Å². The molecular weight excluding hydrogens is 328 g/mol. The van der Waals surface area contributed by atoms with Crippen molar-refractivity contribution in [3.8, 4) is 0 Å². The van der Waals surface area contributed by atoms with Crippen LogP contribution in [0.1, 0.15) is 50.7 Å². The van der Waals surface area contributed by atoms with Crippen LogP contribution in [0.4, 0.5) is 0 Å². The van der Waals surface area contributed by atoms with E-state index in [1.807, 2.05) is 0 Å². The van der Waals surface area contributed by atoms with E-state index in [2.05, 4.69) is 55.1 Å². The van der Waals surface area contributed by atoms with Gasteiger partial charge in [0.25, 0.3) is 0 Å². The number of nitrogens with zero attached hydrogens (tertiary/aromatic N) is 2. The Labute approximate surface area is 156 Å². The van der Waals surface area contributed by atoms with Gasteiger partial charge in [-0.15, -0.1) is 0 Å². The number of carboxylic acids is 1. The molecule has 1 fully saturated rings. The van der Waals surface area contributed by atoms with Crippen LogP contribution in [0.15, 0.2) is 29.4 Å². The van der Waals surface area contributed by atoms with Crippen molar-refractivity contribution in [3.05, 3.63) is 35.4 Å². The fourth-order valence-corrected chi connectivity index (χ4v) is 4.08. The first kappa shape index (κ1) is 18.9. The Morgan fingerprint density at radius 3 is 2.54 bits per heavy atom. The number of piperidine rings is 1. The molecule has 0 amide bonds. The molecule has 3 rings (SSSR count). The fourth-order valence-electron chi connectivity index (χ4n) is 4.08. The summed E-state index contributed by atoms with van der Waals surface area (Å²) in [6.07, 6.45) is 2.47. The van der Waals surface area contributed by atoms with Gasteiger partial charge in [0.2, 0.25) is 0 Å². The molecule has 2 aliphatic rings. The van der Waals surface area contributed by atoms with Crippen LogP contribution >= 0.6 is 0 Å². The van der Waals surface area contributed by atoms with Gasteiger partial charge in [0.15, 0.2) is 0 Å². The molecule has 142 valence electrons. The number of carbonyl (C=O) groups is 1. The van der Waals surface area contributed by atoms with Crippen LogP contribution < -0.4 is 0 Å². The van der Waals surface area contributed by atoms with Crippen LogP contribution in [0.2, 0.25) is 0 Å². The normalized spacial score (nSPS) is 22.9. The van der Waals surface area contributed by atoms with Crippen LogP contribution in [0.25, 0.3) is 0 Å². The monoisotopic (exact) mass is 358 g/mol. The van der Waals surface area contributed by atoms with E-state index in [0.717, 1.165) is 30.9 Å². The van der Waals surface area contributed by atoms with Crippen molar-refractivity contribution < 1.29 is 14.7 Å². The van der Waals surface area contributed by atoms with Gasteiger partial charge in [-0.05, 0) is 44.3 Å². The highest BCUT2D eigenvalue weighted by atomic mass is 16.6. The average molecular weight is 358 g/mol. The zero-order valence-corrected chi connectivity index (χ0v) is 16.1. The summed E-state index contributed by atoms with van der Waals surface area (Å²) in [6.45, 7) is 9.20. The Balaban J connectivity index is 1.60. The third kappa shape index (κ3) is 4.26. The molecule has 5 nitrogen and oxygen atoms in total. The first-order chi connectivity index (χ1) is 12.4. The third-order valence-electron chi connectivity index (χ3n) is 5.63. The Kier molecular flexibility index (Phi) is 5.66. The van der Waals surface area contributed by atoms with Crippen molar-refractivity contribution in [3.63, 3.8) is 0 Å². The second-order valence-electron chi connectivity index (χ2n) is 8.32. The van der Waals surface area contributed by atoms with Gasteiger partial charge in [-0.2, -0.15) is 0 Å². The number of hydrogen-bond donors (Lipinski definition) is 1. The Morgan fingerprint density at radius 1 is 1.31 bits per heavy atom. The van der Waals surface area contributed by atoms with Crippen molar-refractivity contribution in [1.29, 1.82) is 0 Å². The summed E-state index contributed by atoms with van der Waals surface area (Å²) in [5.74, 6) is -0.0787. The van der Waals surface area contributed by atoms with Gasteiger partial charge in [-0.1, -0.05) is 48.8 Å². The smallest absolute Gasteiger partial charge is 0.309 e. The maximum Gasteiger partial charge on any atom is 0.309 e. The lowest BCUT2D eigenvalue weighted by molar-refractivity contribution is -0.155. The molecule has 0 unspecified atom stereocenters. The van der Waals surface area contributed by atoms with Crippen molar-refractivity contribution >= 4 is 11.7 Å². The largest absolute Gasteiger partial charge is 0.481 e. The lowest BCUT2D eigenvalue weighted by Crippen LogP contribution is -2.46. The van der Waals surface area contributed by atoms with Crippen LogP contribution in [-0.2, 0) is 9.63 Å². The Bertz CT molecular complexity index is 658. The van der Waals surface area contributed by atoms with Crippen molar-refractivity contribution in [1.82, 2.24) is 4.90 Å². The SMILES string of the molecule is Cc1ccc(C2=NO[C@H](CC3(C(=O)O)CCN(CC(C)C)CC3)C2)cc1. The first-order valence-corrected chi connectivity index (χ1v) is 9.63. The lowest BCUT2D eigenvalue weighted by Gasteiger charge is -2.40. The molecule has 2 aliphatic heterocycles. The van der Waals surface area contributed by atoms with Gasteiger partial charge in [0.05, 0.1) is 11.1 Å². The van der Waals surface area contributed by atoms with Gasteiger partial charge < -0.3 is 14.8 Å². The second-order valence-corrected chi connectivity index (χ2v) is 8.32. The van der Waals surface area contributed by atoms with Gasteiger partial charge in [0, 0.05) is 19.4 Å². The quantitative estimate of drug-likeness (QED) is 0.842. The molecular formula is C21H30N2O3. The predicted molar refractivity (Wildman–Crippen MR) is 102 cm³/mol. The number of benzene rings is 1. The molecule has 1 atom stereocenters. The third-order valence-corrected chi connectivity index (χ3v) is 5.63.